The summed E-state index contributed by atoms with van der Waals surface area (Å²) in [7, 11) is 1.63. The minimum atomic E-state index is -0.126. The molecule has 3 fully saturated rings. The van der Waals surface area contributed by atoms with Crippen molar-refractivity contribution in [2.75, 3.05) is 57.1 Å². The lowest BCUT2D eigenvalue weighted by molar-refractivity contribution is -0.135. The molecular weight excluding hydrogens is 434 g/mol. The quantitative estimate of drug-likeness (QED) is 0.587. The Kier molecular flexibility index (Phi) is 6.66. The van der Waals surface area contributed by atoms with Crippen LogP contribution in [0.3, 0.4) is 0 Å². The van der Waals surface area contributed by atoms with Gasteiger partial charge in [-0.25, -0.2) is 4.98 Å². The Morgan fingerprint density at radius 2 is 1.88 bits per heavy atom. The third-order valence-corrected chi connectivity index (χ3v) is 7.81. The molecule has 3 heterocycles. The molecule has 2 aliphatic heterocycles. The van der Waals surface area contributed by atoms with Crippen LogP contribution >= 0.6 is 0 Å². The summed E-state index contributed by atoms with van der Waals surface area (Å²) < 4.78 is 5.13. The van der Waals surface area contributed by atoms with Crippen LogP contribution in [0.4, 0.5) is 11.5 Å². The highest BCUT2D eigenvalue weighted by Gasteiger charge is 2.42. The fraction of sp³-hybridized carbons (Fsp3) is 0.720. The summed E-state index contributed by atoms with van der Waals surface area (Å²) in [6.45, 7) is 3.66. The van der Waals surface area contributed by atoms with Gasteiger partial charge >= 0.3 is 0 Å². The molecule has 0 aromatic carbocycles. The summed E-state index contributed by atoms with van der Waals surface area (Å²) in [5, 5.41) is 9.18. The molecule has 2 saturated carbocycles. The average molecular weight is 472 g/mol. The van der Waals surface area contributed by atoms with Crippen LogP contribution in [0, 0.1) is 5.92 Å². The van der Waals surface area contributed by atoms with E-state index < -0.39 is 0 Å². The number of hydrogen-bond donors (Lipinski definition) is 2. The van der Waals surface area contributed by atoms with E-state index in [1.165, 1.54) is 12.8 Å². The molecule has 0 bridgehead atoms. The summed E-state index contributed by atoms with van der Waals surface area (Å²) in [6.07, 6.45) is 5.89. The van der Waals surface area contributed by atoms with Crippen molar-refractivity contribution in [2.45, 2.75) is 63.5 Å². The lowest BCUT2D eigenvalue weighted by atomic mass is 9.94. The van der Waals surface area contributed by atoms with E-state index in [2.05, 4.69) is 9.80 Å². The number of amides is 2. The van der Waals surface area contributed by atoms with Gasteiger partial charge in [0.1, 0.15) is 0 Å². The number of aliphatic hydroxyl groups is 1. The number of pyridine rings is 1. The topological polar surface area (TPSA) is 112 Å². The first kappa shape index (κ1) is 23.4. The molecule has 1 aromatic heterocycles. The van der Waals surface area contributed by atoms with E-state index in [4.69, 9.17) is 15.5 Å². The number of nitrogens with two attached hydrogens (primary N) is 1. The van der Waals surface area contributed by atoms with Crippen LogP contribution in [0.25, 0.3) is 0 Å². The number of hydrogen-bond acceptors (Lipinski definition) is 7. The van der Waals surface area contributed by atoms with Crippen molar-refractivity contribution in [3.8, 4) is 0 Å². The normalized spacial score (nSPS) is 22.6. The Balaban J connectivity index is 1.40. The van der Waals surface area contributed by atoms with Gasteiger partial charge in [0.25, 0.3) is 0 Å². The second-order valence-electron chi connectivity index (χ2n) is 10.2. The van der Waals surface area contributed by atoms with E-state index in [9.17, 15) is 14.7 Å². The molecule has 0 spiro atoms. The fourth-order valence-electron chi connectivity index (χ4n) is 5.60. The number of aliphatic hydroxyl groups excluding tert-OH is 1. The Morgan fingerprint density at radius 3 is 2.56 bits per heavy atom. The predicted molar refractivity (Wildman–Crippen MR) is 128 cm³/mol. The number of aromatic nitrogens is 1. The average Bonchev–Trinajstić information content (AvgIpc) is 3.76. The van der Waals surface area contributed by atoms with Crippen LogP contribution in [-0.2, 0) is 27.3 Å². The van der Waals surface area contributed by atoms with Crippen LogP contribution in [0.2, 0.25) is 0 Å². The van der Waals surface area contributed by atoms with Crippen molar-refractivity contribution in [3.05, 3.63) is 16.8 Å². The minimum Gasteiger partial charge on any atom is -0.396 e. The van der Waals surface area contributed by atoms with Gasteiger partial charge in [0.05, 0.1) is 37.1 Å². The number of piperazine rings is 1. The monoisotopic (exact) mass is 471 g/mol. The van der Waals surface area contributed by atoms with Crippen molar-refractivity contribution in [2.24, 2.45) is 5.92 Å². The molecule has 9 heteroatoms. The zero-order chi connectivity index (χ0) is 23.8. The molecule has 186 valence electrons. The van der Waals surface area contributed by atoms with Crippen LogP contribution in [0.15, 0.2) is 0 Å². The highest BCUT2D eigenvalue weighted by molar-refractivity contribution is 5.79. The third kappa shape index (κ3) is 4.60. The lowest BCUT2D eigenvalue weighted by Crippen LogP contribution is -2.56. The minimum absolute atomic E-state index is 0.0147. The van der Waals surface area contributed by atoms with Gasteiger partial charge in [0.15, 0.2) is 5.82 Å². The predicted octanol–water partition coefficient (Wildman–Crippen LogP) is 1.27. The number of nitrogens with zero attached hydrogens (tertiary/aromatic N) is 4. The molecule has 0 unspecified atom stereocenters. The lowest BCUT2D eigenvalue weighted by Gasteiger charge is -2.43. The Hall–Kier alpha value is -2.39. The van der Waals surface area contributed by atoms with E-state index in [0.717, 1.165) is 60.7 Å². The number of ether oxygens (including phenoxy) is 1. The van der Waals surface area contributed by atoms with Gasteiger partial charge in [-0.1, -0.05) is 0 Å². The molecule has 2 aliphatic carbocycles. The number of carbonyl (C=O) groups is 2. The first-order chi connectivity index (χ1) is 16.5. The van der Waals surface area contributed by atoms with Gasteiger partial charge in [-0.3, -0.25) is 9.59 Å². The van der Waals surface area contributed by atoms with E-state index >= 15 is 0 Å². The fourth-order valence-corrected chi connectivity index (χ4v) is 5.60. The molecule has 2 amide bonds. The first-order valence-electron chi connectivity index (χ1n) is 12.7. The molecule has 1 atom stereocenters. The Morgan fingerprint density at radius 1 is 1.09 bits per heavy atom. The first-order valence-corrected chi connectivity index (χ1v) is 12.7. The maximum Gasteiger partial charge on any atom is 0.225 e. The van der Waals surface area contributed by atoms with Crippen molar-refractivity contribution in [1.29, 1.82) is 0 Å². The number of methoxy groups -OCH3 is 1. The van der Waals surface area contributed by atoms with Gasteiger partial charge in [-0.2, -0.15) is 0 Å². The highest BCUT2D eigenvalue weighted by Crippen LogP contribution is 2.46. The highest BCUT2D eigenvalue weighted by atomic mass is 16.5. The standard InChI is InChI=1S/C25H37N5O4/c1-34-13-8-22(33)30-11-10-29(15-20(30)16-2-3-16)25-23(26)18-6-9-28(21(32)7-12-31)14-19(18)24(27-25)17-4-5-17/h16-17,20,31H,2-15,26H2,1H3/t20-/m0/s1. The molecule has 3 N–H and O–H groups in total. The van der Waals surface area contributed by atoms with Crippen LogP contribution in [0.1, 0.15) is 61.3 Å². The second-order valence-corrected chi connectivity index (χ2v) is 10.2. The maximum atomic E-state index is 12.8. The molecular formula is C25H37N5O4. The van der Waals surface area contributed by atoms with Gasteiger partial charge < -0.3 is 30.3 Å². The van der Waals surface area contributed by atoms with E-state index in [1.54, 1.807) is 7.11 Å². The smallest absolute Gasteiger partial charge is 0.225 e. The molecule has 4 aliphatic rings. The number of fused-ring (bicyclic) bond motifs is 1. The molecule has 1 aromatic rings. The maximum absolute atomic E-state index is 12.8. The SMILES string of the molecule is COCCC(=O)N1CCN(c2nc(C3CC3)c3c(c2N)CCN(C(=O)CCO)C3)C[C@H]1C1CC1. The second kappa shape index (κ2) is 9.70. The summed E-state index contributed by atoms with van der Waals surface area (Å²) in [5.74, 6) is 2.03. The molecule has 9 nitrogen and oxygen atoms in total. The van der Waals surface area contributed by atoms with Crippen molar-refractivity contribution >= 4 is 23.3 Å². The van der Waals surface area contributed by atoms with Crippen molar-refractivity contribution in [1.82, 2.24) is 14.8 Å². The zero-order valence-corrected chi connectivity index (χ0v) is 20.2. The van der Waals surface area contributed by atoms with Crippen molar-refractivity contribution < 1.29 is 19.4 Å². The summed E-state index contributed by atoms with van der Waals surface area (Å²) in [6, 6.07) is 0.200. The Labute approximate surface area is 201 Å². The third-order valence-electron chi connectivity index (χ3n) is 7.81. The Bertz CT molecular complexity index is 946. The van der Waals surface area contributed by atoms with Gasteiger partial charge in [-0.05, 0) is 49.1 Å². The number of rotatable bonds is 8. The van der Waals surface area contributed by atoms with E-state index in [1.807, 2.05) is 4.90 Å². The van der Waals surface area contributed by atoms with Gasteiger partial charge in [-0.15, -0.1) is 0 Å². The summed E-state index contributed by atoms with van der Waals surface area (Å²) >= 11 is 0. The van der Waals surface area contributed by atoms with Crippen molar-refractivity contribution in [3.63, 3.8) is 0 Å². The number of anilines is 2. The van der Waals surface area contributed by atoms with Crippen LogP contribution in [-0.4, -0.2) is 84.2 Å². The van der Waals surface area contributed by atoms with Crippen LogP contribution in [0.5, 0.6) is 0 Å². The van der Waals surface area contributed by atoms with Gasteiger partial charge in [0, 0.05) is 52.2 Å². The molecule has 0 radical (unpaired) electrons. The summed E-state index contributed by atoms with van der Waals surface area (Å²) in [5.41, 5.74) is 10.9. The molecule has 1 saturated heterocycles. The number of nitrogen functional groups attached to an aromatic ring is 1. The van der Waals surface area contributed by atoms with Gasteiger partial charge in [0.2, 0.25) is 11.8 Å². The van der Waals surface area contributed by atoms with E-state index in [0.29, 0.717) is 44.5 Å². The summed E-state index contributed by atoms with van der Waals surface area (Å²) in [4.78, 5) is 36.6. The largest absolute Gasteiger partial charge is 0.396 e. The van der Waals surface area contributed by atoms with E-state index in [-0.39, 0.29) is 30.9 Å². The molecule has 5 rings (SSSR count). The van der Waals surface area contributed by atoms with Crippen LogP contribution < -0.4 is 10.6 Å². The zero-order valence-electron chi connectivity index (χ0n) is 20.2. The number of carbonyl (C=O) groups excluding carboxylic acids is 2. The molecule has 34 heavy (non-hydrogen) atoms.